The van der Waals surface area contributed by atoms with Crippen LogP contribution in [0, 0.1) is 0 Å². The van der Waals surface area contributed by atoms with Gasteiger partial charge in [-0.05, 0) is 24.5 Å². The van der Waals surface area contributed by atoms with Crippen molar-refractivity contribution >= 4 is 16.1 Å². The third-order valence-corrected chi connectivity index (χ3v) is 4.71. The van der Waals surface area contributed by atoms with Gasteiger partial charge in [-0.1, -0.05) is 30.3 Å². The average Bonchev–Trinajstić information content (AvgIpc) is 2.87. The molecule has 0 aliphatic carbocycles. The van der Waals surface area contributed by atoms with Crippen LogP contribution in [-0.4, -0.2) is 37.0 Å². The maximum Gasteiger partial charge on any atom is 0.236 e. The van der Waals surface area contributed by atoms with Gasteiger partial charge in [-0.15, -0.1) is 0 Å². The smallest absolute Gasteiger partial charge is 0.236 e. The first-order valence-electron chi connectivity index (χ1n) is 5.99. The minimum Gasteiger partial charge on any atom is -0.395 e. The number of hydrogen-bond donors (Lipinski definition) is 1. The molecule has 0 spiro atoms. The molecule has 18 heavy (non-hydrogen) atoms. The lowest BCUT2D eigenvalue weighted by Crippen LogP contribution is -2.36. The van der Waals surface area contributed by atoms with Crippen LogP contribution >= 0.6 is 0 Å². The maximum absolute atomic E-state index is 12.1. The molecule has 1 fully saturated rings. The first-order valence-corrected chi connectivity index (χ1v) is 7.49. The molecule has 4 nitrogen and oxygen atoms in total. The van der Waals surface area contributed by atoms with E-state index in [2.05, 4.69) is 0 Å². The van der Waals surface area contributed by atoms with E-state index in [0.29, 0.717) is 6.54 Å². The summed E-state index contributed by atoms with van der Waals surface area (Å²) in [6, 6.07) is 9.03. The fourth-order valence-corrected chi connectivity index (χ4v) is 3.59. The van der Waals surface area contributed by atoms with Crippen LogP contribution in [0.1, 0.15) is 18.4 Å². The van der Waals surface area contributed by atoms with Crippen LogP contribution in [0.5, 0.6) is 0 Å². The van der Waals surface area contributed by atoms with Crippen molar-refractivity contribution in [2.24, 2.45) is 0 Å². The molecular weight excluding hydrogens is 250 g/mol. The van der Waals surface area contributed by atoms with Gasteiger partial charge in [-0.2, -0.15) is 4.31 Å². The van der Waals surface area contributed by atoms with Gasteiger partial charge in [0.2, 0.25) is 10.0 Å². The van der Waals surface area contributed by atoms with Crippen LogP contribution in [0.25, 0.3) is 6.08 Å². The lowest BCUT2D eigenvalue weighted by atomic mass is 10.2. The highest BCUT2D eigenvalue weighted by Gasteiger charge is 2.31. The summed E-state index contributed by atoms with van der Waals surface area (Å²) in [5.74, 6) is 0. The Kier molecular flexibility index (Phi) is 4.16. The number of rotatable bonds is 4. The molecular formula is C13H17NO3S. The highest BCUT2D eigenvalue weighted by Crippen LogP contribution is 2.21. The highest BCUT2D eigenvalue weighted by molar-refractivity contribution is 7.92. The molecule has 1 atom stereocenters. The van der Waals surface area contributed by atoms with Gasteiger partial charge in [0.15, 0.2) is 0 Å². The van der Waals surface area contributed by atoms with Crippen LogP contribution in [-0.2, 0) is 10.0 Å². The Balaban J connectivity index is 2.15. The summed E-state index contributed by atoms with van der Waals surface area (Å²) in [7, 11) is -3.43. The Morgan fingerprint density at radius 1 is 1.33 bits per heavy atom. The average molecular weight is 267 g/mol. The summed E-state index contributed by atoms with van der Waals surface area (Å²) >= 11 is 0. The van der Waals surface area contributed by atoms with E-state index in [1.807, 2.05) is 30.3 Å². The van der Waals surface area contributed by atoms with Gasteiger partial charge < -0.3 is 5.11 Å². The second kappa shape index (κ2) is 5.65. The van der Waals surface area contributed by atoms with E-state index in [4.69, 9.17) is 5.11 Å². The lowest BCUT2D eigenvalue weighted by molar-refractivity contribution is 0.214. The Morgan fingerprint density at radius 2 is 2.06 bits per heavy atom. The van der Waals surface area contributed by atoms with Gasteiger partial charge in [0.05, 0.1) is 6.61 Å². The monoisotopic (exact) mass is 267 g/mol. The molecule has 1 unspecified atom stereocenters. The van der Waals surface area contributed by atoms with Crippen molar-refractivity contribution in [3.63, 3.8) is 0 Å². The van der Waals surface area contributed by atoms with E-state index < -0.39 is 10.0 Å². The first-order chi connectivity index (χ1) is 8.63. The molecule has 0 amide bonds. The Bertz CT molecular complexity index is 510. The van der Waals surface area contributed by atoms with Crippen molar-refractivity contribution in [1.82, 2.24) is 4.31 Å². The number of aliphatic hydroxyl groups excluding tert-OH is 1. The topological polar surface area (TPSA) is 57.6 Å². The largest absolute Gasteiger partial charge is 0.395 e. The molecule has 98 valence electrons. The van der Waals surface area contributed by atoms with Crippen LogP contribution in [0.2, 0.25) is 0 Å². The van der Waals surface area contributed by atoms with E-state index in [-0.39, 0.29) is 12.6 Å². The number of nitrogens with zero attached hydrogens (tertiary/aromatic N) is 1. The zero-order chi connectivity index (χ0) is 13.0. The molecule has 2 rings (SSSR count). The van der Waals surface area contributed by atoms with Crippen molar-refractivity contribution in [3.8, 4) is 0 Å². The molecule has 0 radical (unpaired) electrons. The predicted molar refractivity (Wildman–Crippen MR) is 71.2 cm³/mol. The Labute approximate surface area is 108 Å². The lowest BCUT2D eigenvalue weighted by Gasteiger charge is -2.20. The van der Waals surface area contributed by atoms with Crippen LogP contribution < -0.4 is 0 Å². The quantitative estimate of drug-likeness (QED) is 0.898. The fourth-order valence-electron chi connectivity index (χ4n) is 2.13. The highest BCUT2D eigenvalue weighted by atomic mass is 32.2. The van der Waals surface area contributed by atoms with Crippen molar-refractivity contribution < 1.29 is 13.5 Å². The van der Waals surface area contributed by atoms with Gasteiger partial charge >= 0.3 is 0 Å². The molecule has 1 heterocycles. The van der Waals surface area contributed by atoms with E-state index in [0.717, 1.165) is 18.4 Å². The van der Waals surface area contributed by atoms with Crippen molar-refractivity contribution in [2.45, 2.75) is 18.9 Å². The Hall–Kier alpha value is -1.17. The summed E-state index contributed by atoms with van der Waals surface area (Å²) in [5.41, 5.74) is 0.848. The van der Waals surface area contributed by atoms with E-state index in [1.54, 1.807) is 6.08 Å². The minimum atomic E-state index is -3.43. The van der Waals surface area contributed by atoms with Gasteiger partial charge in [-0.25, -0.2) is 8.42 Å². The van der Waals surface area contributed by atoms with Crippen LogP contribution in [0.3, 0.4) is 0 Å². The third kappa shape index (κ3) is 2.98. The molecule has 1 aromatic carbocycles. The van der Waals surface area contributed by atoms with Gasteiger partial charge in [0.1, 0.15) is 0 Å². The summed E-state index contributed by atoms with van der Waals surface area (Å²) < 4.78 is 25.6. The molecule has 1 saturated heterocycles. The molecule has 1 aliphatic rings. The number of aliphatic hydroxyl groups is 1. The van der Waals surface area contributed by atoms with Crippen molar-refractivity contribution in [3.05, 3.63) is 41.3 Å². The summed E-state index contributed by atoms with van der Waals surface area (Å²) in [5, 5.41) is 10.4. The number of benzene rings is 1. The van der Waals surface area contributed by atoms with Gasteiger partial charge in [-0.3, -0.25) is 0 Å². The predicted octanol–water partition coefficient (Wildman–Crippen LogP) is 1.44. The molecule has 1 N–H and O–H groups in total. The van der Waals surface area contributed by atoms with Crippen molar-refractivity contribution in [2.75, 3.05) is 13.2 Å². The second-order valence-corrected chi connectivity index (χ2v) is 6.12. The molecule has 1 aromatic rings. The summed E-state index contributed by atoms with van der Waals surface area (Å²) in [6.07, 6.45) is 3.13. The second-order valence-electron chi connectivity index (χ2n) is 4.35. The molecule has 0 aromatic heterocycles. The first kappa shape index (κ1) is 13.3. The van der Waals surface area contributed by atoms with Crippen molar-refractivity contribution in [1.29, 1.82) is 0 Å². The van der Waals surface area contributed by atoms with Gasteiger partial charge in [0.25, 0.3) is 0 Å². The third-order valence-electron chi connectivity index (χ3n) is 3.09. The maximum atomic E-state index is 12.1. The van der Waals surface area contributed by atoms with Gasteiger partial charge in [0, 0.05) is 18.0 Å². The Morgan fingerprint density at radius 3 is 2.72 bits per heavy atom. The number of sulfonamides is 1. The molecule has 5 heteroatoms. The normalized spacial score (nSPS) is 21.7. The standard InChI is InChI=1S/C13H17NO3S/c15-11-13-7-4-9-14(13)18(16,17)10-8-12-5-2-1-3-6-12/h1-3,5-6,8,10,13,15H,4,7,9,11H2/b10-8+. The zero-order valence-corrected chi connectivity index (χ0v) is 10.9. The number of hydrogen-bond acceptors (Lipinski definition) is 3. The molecule has 1 aliphatic heterocycles. The summed E-state index contributed by atoms with van der Waals surface area (Å²) in [6.45, 7) is 0.380. The fraction of sp³-hybridized carbons (Fsp3) is 0.385. The minimum absolute atomic E-state index is 0.113. The molecule has 0 saturated carbocycles. The molecule has 0 bridgehead atoms. The zero-order valence-electron chi connectivity index (χ0n) is 10.1. The van der Waals surface area contributed by atoms with E-state index in [9.17, 15) is 8.42 Å². The van der Waals surface area contributed by atoms with Crippen LogP contribution in [0.4, 0.5) is 0 Å². The van der Waals surface area contributed by atoms with Crippen LogP contribution in [0.15, 0.2) is 35.7 Å². The SMILES string of the molecule is O=S(=O)(/C=C/c1ccccc1)N1CCCC1CO. The van der Waals surface area contributed by atoms with E-state index in [1.165, 1.54) is 9.71 Å². The summed E-state index contributed by atoms with van der Waals surface area (Å²) in [4.78, 5) is 0. The van der Waals surface area contributed by atoms with E-state index >= 15 is 0 Å².